The average Bonchev–Trinajstić information content (AvgIpc) is 2.58. The first-order chi connectivity index (χ1) is 11.7. The molecular formula is C16H30O8. The van der Waals surface area contributed by atoms with Gasteiger partial charge in [0.1, 0.15) is 13.2 Å². The lowest BCUT2D eigenvalue weighted by molar-refractivity contribution is -0.157. The molecule has 0 radical (unpaired) electrons. The summed E-state index contributed by atoms with van der Waals surface area (Å²) >= 11 is 0. The lowest BCUT2D eigenvalue weighted by Gasteiger charge is -2.14. The number of methoxy groups -OCH3 is 2. The maximum Gasteiger partial charge on any atom is 0.309 e. The van der Waals surface area contributed by atoms with E-state index in [1.54, 1.807) is 14.2 Å². The van der Waals surface area contributed by atoms with Gasteiger partial charge in [0.05, 0.1) is 52.0 Å². The van der Waals surface area contributed by atoms with Crippen molar-refractivity contribution in [3.05, 3.63) is 0 Å². The maximum atomic E-state index is 11.9. The van der Waals surface area contributed by atoms with Gasteiger partial charge in [0, 0.05) is 14.2 Å². The summed E-state index contributed by atoms with van der Waals surface area (Å²) < 4.78 is 30.1. The van der Waals surface area contributed by atoms with Gasteiger partial charge in [-0.15, -0.1) is 0 Å². The Morgan fingerprint density at radius 2 is 1.25 bits per heavy atom. The van der Waals surface area contributed by atoms with Gasteiger partial charge in [0.25, 0.3) is 0 Å². The smallest absolute Gasteiger partial charge is 0.309 e. The van der Waals surface area contributed by atoms with E-state index in [-0.39, 0.29) is 19.6 Å². The van der Waals surface area contributed by atoms with E-state index in [9.17, 15) is 9.59 Å². The van der Waals surface area contributed by atoms with E-state index in [1.807, 2.05) is 6.92 Å². The Morgan fingerprint density at radius 3 is 1.75 bits per heavy atom. The van der Waals surface area contributed by atoms with Crippen LogP contribution in [0.15, 0.2) is 0 Å². The summed E-state index contributed by atoms with van der Waals surface area (Å²) in [5.74, 6) is -1.36. The van der Waals surface area contributed by atoms with Crippen molar-refractivity contribution in [1.29, 1.82) is 0 Å². The number of carbonyl (C=O) groups is 2. The number of ether oxygens (including phenoxy) is 6. The van der Waals surface area contributed by atoms with Crippen molar-refractivity contribution in [3.8, 4) is 0 Å². The summed E-state index contributed by atoms with van der Waals surface area (Å²) in [6.45, 7) is 4.61. The molecule has 0 aliphatic heterocycles. The molecule has 24 heavy (non-hydrogen) atoms. The molecule has 8 heteroatoms. The molecule has 0 heterocycles. The van der Waals surface area contributed by atoms with Crippen LogP contribution < -0.4 is 0 Å². The second-order valence-corrected chi connectivity index (χ2v) is 4.91. The first-order valence-corrected chi connectivity index (χ1v) is 8.11. The third-order valence-electron chi connectivity index (χ3n) is 3.07. The Hall–Kier alpha value is -1.22. The van der Waals surface area contributed by atoms with Gasteiger partial charge in [-0.25, -0.2) is 0 Å². The van der Waals surface area contributed by atoms with Gasteiger partial charge in [-0.1, -0.05) is 6.92 Å². The third kappa shape index (κ3) is 13.2. The van der Waals surface area contributed by atoms with Crippen molar-refractivity contribution in [1.82, 2.24) is 0 Å². The molecule has 142 valence electrons. The van der Waals surface area contributed by atoms with Crippen LogP contribution in [0.5, 0.6) is 0 Å². The molecule has 8 nitrogen and oxygen atoms in total. The zero-order valence-electron chi connectivity index (χ0n) is 14.9. The SMILES string of the molecule is CCC(CC(=O)OCCOCCOC)C(=O)OCCOCCOC. The summed E-state index contributed by atoms with van der Waals surface area (Å²) in [6, 6.07) is 0. The van der Waals surface area contributed by atoms with Crippen molar-refractivity contribution in [2.24, 2.45) is 5.92 Å². The lowest BCUT2D eigenvalue weighted by Crippen LogP contribution is -2.24. The van der Waals surface area contributed by atoms with Gasteiger partial charge in [-0.3, -0.25) is 9.59 Å². The van der Waals surface area contributed by atoms with E-state index in [1.165, 1.54) is 0 Å². The molecule has 0 saturated heterocycles. The minimum absolute atomic E-state index is 0.00205. The Morgan fingerprint density at radius 1 is 0.750 bits per heavy atom. The van der Waals surface area contributed by atoms with Crippen LogP contribution in [0.2, 0.25) is 0 Å². The molecule has 0 aliphatic carbocycles. The number of esters is 2. The van der Waals surface area contributed by atoms with Gasteiger partial charge in [0.2, 0.25) is 0 Å². The maximum absolute atomic E-state index is 11.9. The number of hydrogen-bond donors (Lipinski definition) is 0. The van der Waals surface area contributed by atoms with E-state index >= 15 is 0 Å². The fourth-order valence-electron chi connectivity index (χ4n) is 1.68. The zero-order chi connectivity index (χ0) is 18.0. The first kappa shape index (κ1) is 22.8. The molecule has 0 rings (SSSR count). The fraction of sp³-hybridized carbons (Fsp3) is 0.875. The Kier molecular flexibility index (Phi) is 15.8. The van der Waals surface area contributed by atoms with E-state index in [0.717, 1.165) is 0 Å². The van der Waals surface area contributed by atoms with Crippen LogP contribution >= 0.6 is 0 Å². The van der Waals surface area contributed by atoms with E-state index in [0.29, 0.717) is 46.1 Å². The predicted octanol–water partition coefficient (Wildman–Crippen LogP) is 0.815. The quantitative estimate of drug-likeness (QED) is 0.298. The highest BCUT2D eigenvalue weighted by Gasteiger charge is 2.22. The van der Waals surface area contributed by atoms with E-state index < -0.39 is 17.9 Å². The number of carbonyl (C=O) groups excluding carboxylic acids is 2. The third-order valence-corrected chi connectivity index (χ3v) is 3.07. The Bertz CT molecular complexity index is 321. The fourth-order valence-corrected chi connectivity index (χ4v) is 1.68. The molecule has 0 saturated carbocycles. The summed E-state index contributed by atoms with van der Waals surface area (Å²) in [7, 11) is 3.17. The summed E-state index contributed by atoms with van der Waals surface area (Å²) in [6.07, 6.45) is 0.501. The minimum Gasteiger partial charge on any atom is -0.463 e. The van der Waals surface area contributed by atoms with Gasteiger partial charge in [0.15, 0.2) is 0 Å². The molecule has 0 fully saturated rings. The van der Waals surface area contributed by atoms with Crippen molar-refractivity contribution in [3.63, 3.8) is 0 Å². The molecule has 0 aromatic heterocycles. The monoisotopic (exact) mass is 350 g/mol. The first-order valence-electron chi connectivity index (χ1n) is 8.11. The number of rotatable bonds is 16. The van der Waals surface area contributed by atoms with Gasteiger partial charge in [-0.2, -0.15) is 0 Å². The van der Waals surface area contributed by atoms with E-state index in [4.69, 9.17) is 28.4 Å². The summed E-state index contributed by atoms with van der Waals surface area (Å²) in [5.41, 5.74) is 0. The molecule has 0 spiro atoms. The van der Waals surface area contributed by atoms with Crippen molar-refractivity contribution >= 4 is 11.9 Å². The highest BCUT2D eigenvalue weighted by Crippen LogP contribution is 2.11. The second kappa shape index (κ2) is 16.6. The van der Waals surface area contributed by atoms with Crippen LogP contribution in [0.1, 0.15) is 19.8 Å². The standard InChI is InChI=1S/C16H30O8/c1-4-14(16(18)24-12-10-22-8-6-20-3)13-15(17)23-11-9-21-7-5-19-2/h14H,4-13H2,1-3H3. The topological polar surface area (TPSA) is 89.5 Å². The molecule has 0 N–H and O–H groups in total. The highest BCUT2D eigenvalue weighted by molar-refractivity contribution is 5.79. The van der Waals surface area contributed by atoms with Crippen LogP contribution in [-0.2, 0) is 38.0 Å². The molecule has 0 aromatic rings. The lowest BCUT2D eigenvalue weighted by atomic mass is 10.0. The van der Waals surface area contributed by atoms with Crippen molar-refractivity contribution in [2.75, 3.05) is 67.1 Å². The Labute approximate surface area is 143 Å². The largest absolute Gasteiger partial charge is 0.463 e. The molecule has 1 unspecified atom stereocenters. The predicted molar refractivity (Wildman–Crippen MR) is 85.7 cm³/mol. The van der Waals surface area contributed by atoms with Gasteiger partial charge in [-0.05, 0) is 6.42 Å². The second-order valence-electron chi connectivity index (χ2n) is 4.91. The van der Waals surface area contributed by atoms with Gasteiger partial charge < -0.3 is 28.4 Å². The molecule has 1 atom stereocenters. The zero-order valence-corrected chi connectivity index (χ0v) is 14.9. The summed E-state index contributed by atoms with van der Waals surface area (Å²) in [4.78, 5) is 23.6. The van der Waals surface area contributed by atoms with Crippen molar-refractivity contribution < 1.29 is 38.0 Å². The highest BCUT2D eigenvalue weighted by atomic mass is 16.6. The normalized spacial score (nSPS) is 12.0. The molecular weight excluding hydrogens is 320 g/mol. The van der Waals surface area contributed by atoms with Crippen LogP contribution in [0.3, 0.4) is 0 Å². The summed E-state index contributed by atoms with van der Waals surface area (Å²) in [5, 5.41) is 0. The molecule has 0 aromatic carbocycles. The molecule has 0 aliphatic rings. The van der Waals surface area contributed by atoms with Crippen molar-refractivity contribution in [2.45, 2.75) is 19.8 Å². The van der Waals surface area contributed by atoms with Crippen LogP contribution in [0, 0.1) is 5.92 Å². The molecule has 0 amide bonds. The van der Waals surface area contributed by atoms with Crippen LogP contribution in [-0.4, -0.2) is 79.0 Å². The van der Waals surface area contributed by atoms with Gasteiger partial charge >= 0.3 is 11.9 Å². The molecule has 0 bridgehead atoms. The minimum atomic E-state index is -0.508. The Balaban J connectivity index is 3.77. The van der Waals surface area contributed by atoms with Crippen LogP contribution in [0.4, 0.5) is 0 Å². The number of hydrogen-bond acceptors (Lipinski definition) is 8. The van der Waals surface area contributed by atoms with E-state index in [2.05, 4.69) is 0 Å². The average molecular weight is 350 g/mol. The van der Waals surface area contributed by atoms with Crippen LogP contribution in [0.25, 0.3) is 0 Å².